The molecular formula is C37H44F2N4O6Si. The lowest BCUT2D eigenvalue weighted by Gasteiger charge is -2.43. The van der Waals surface area contributed by atoms with Gasteiger partial charge in [0.25, 0.3) is 11.8 Å². The summed E-state index contributed by atoms with van der Waals surface area (Å²) in [7, 11) is -2.18. The van der Waals surface area contributed by atoms with Gasteiger partial charge in [-0.3, -0.25) is 14.4 Å². The Hall–Kier alpha value is -4.36. The highest BCUT2D eigenvalue weighted by atomic mass is 28.4. The van der Waals surface area contributed by atoms with Gasteiger partial charge in [0.15, 0.2) is 25.4 Å². The summed E-state index contributed by atoms with van der Waals surface area (Å²) in [5, 5.41) is 6.88. The SMILES string of the molecule is CC1=NO[C@@]2(CC[C@H](CO[Si](C)(C)C(C)(C)C)N3C[C@H]2n2cc(C(=O)NCc4ccc(F)cc4F)c(=O)c(OCc4ccccc4)c2C3=O)C1. The van der Waals surface area contributed by atoms with Gasteiger partial charge in [-0.25, -0.2) is 8.78 Å². The van der Waals surface area contributed by atoms with Gasteiger partial charge >= 0.3 is 0 Å². The Balaban J connectivity index is 1.44. The van der Waals surface area contributed by atoms with Crippen molar-refractivity contribution < 1.29 is 32.4 Å². The number of hydrogen-bond acceptors (Lipinski definition) is 7. The monoisotopic (exact) mass is 706 g/mol. The Morgan fingerprint density at radius 2 is 1.88 bits per heavy atom. The maximum atomic E-state index is 14.6. The molecule has 1 saturated heterocycles. The first kappa shape index (κ1) is 35.5. The van der Waals surface area contributed by atoms with Crippen LogP contribution in [0.5, 0.6) is 5.75 Å². The first-order valence-corrected chi connectivity index (χ1v) is 19.9. The largest absolute Gasteiger partial charge is 0.483 e. The van der Waals surface area contributed by atoms with E-state index in [-0.39, 0.29) is 53.3 Å². The second-order valence-corrected chi connectivity index (χ2v) is 19.9. The minimum Gasteiger partial charge on any atom is -0.483 e. The minimum absolute atomic E-state index is 0.0232. The number of benzene rings is 2. The smallest absolute Gasteiger partial charge is 0.274 e. The highest BCUT2D eigenvalue weighted by Crippen LogP contribution is 2.47. The molecule has 3 aromatic rings. The van der Waals surface area contributed by atoms with Crippen LogP contribution in [-0.2, 0) is 22.4 Å². The quantitative estimate of drug-likeness (QED) is 0.260. The summed E-state index contributed by atoms with van der Waals surface area (Å²) in [6, 6.07) is 11.4. The molecule has 4 heterocycles. The van der Waals surface area contributed by atoms with Gasteiger partial charge in [0.2, 0.25) is 5.43 Å². The van der Waals surface area contributed by atoms with E-state index in [0.717, 1.165) is 23.4 Å². The lowest BCUT2D eigenvalue weighted by Crippen LogP contribution is -2.54. The normalized spacial score (nSPS) is 21.7. The van der Waals surface area contributed by atoms with Crippen LogP contribution in [0.2, 0.25) is 18.1 Å². The van der Waals surface area contributed by atoms with E-state index < -0.39 is 48.8 Å². The molecule has 6 rings (SSSR count). The van der Waals surface area contributed by atoms with Crippen molar-refractivity contribution >= 4 is 25.8 Å². The summed E-state index contributed by atoms with van der Waals surface area (Å²) in [5.41, 5.74) is -0.297. The maximum Gasteiger partial charge on any atom is 0.274 e. The topological polar surface area (TPSA) is 111 Å². The summed E-state index contributed by atoms with van der Waals surface area (Å²) in [4.78, 5) is 50.5. The molecule has 50 heavy (non-hydrogen) atoms. The molecule has 2 bridgehead atoms. The Morgan fingerprint density at radius 1 is 1.14 bits per heavy atom. The zero-order chi connectivity index (χ0) is 36.0. The van der Waals surface area contributed by atoms with Crippen LogP contribution in [-0.4, -0.2) is 60.1 Å². The van der Waals surface area contributed by atoms with E-state index in [1.165, 1.54) is 12.3 Å². The minimum atomic E-state index is -2.18. The van der Waals surface area contributed by atoms with Gasteiger partial charge in [-0.1, -0.05) is 62.3 Å². The van der Waals surface area contributed by atoms with E-state index in [4.69, 9.17) is 14.0 Å². The lowest BCUT2D eigenvalue weighted by atomic mass is 9.84. The molecule has 1 fully saturated rings. The van der Waals surface area contributed by atoms with Crippen LogP contribution in [0.15, 0.2) is 64.7 Å². The van der Waals surface area contributed by atoms with Crippen molar-refractivity contribution in [2.75, 3.05) is 13.2 Å². The van der Waals surface area contributed by atoms with Crippen molar-refractivity contribution in [3.05, 3.63) is 99.0 Å². The molecule has 266 valence electrons. The van der Waals surface area contributed by atoms with E-state index in [1.54, 1.807) is 9.47 Å². The molecule has 2 aromatic carbocycles. The van der Waals surface area contributed by atoms with Crippen LogP contribution in [0.4, 0.5) is 8.78 Å². The summed E-state index contributed by atoms with van der Waals surface area (Å²) >= 11 is 0. The zero-order valence-electron chi connectivity index (χ0n) is 29.3. The number of carbonyl (C=O) groups is 2. The second-order valence-electron chi connectivity index (χ2n) is 15.0. The predicted octanol–water partition coefficient (Wildman–Crippen LogP) is 6.35. The van der Waals surface area contributed by atoms with E-state index in [9.17, 15) is 23.2 Å². The van der Waals surface area contributed by atoms with Gasteiger partial charge in [0.05, 0.1) is 24.4 Å². The molecule has 10 nitrogen and oxygen atoms in total. The van der Waals surface area contributed by atoms with Crippen LogP contribution in [0.1, 0.15) is 85.0 Å². The number of rotatable bonds is 9. The molecule has 0 saturated carbocycles. The molecule has 0 unspecified atom stereocenters. The lowest BCUT2D eigenvalue weighted by molar-refractivity contribution is -0.0656. The molecule has 1 N–H and O–H groups in total. The summed E-state index contributed by atoms with van der Waals surface area (Å²) in [5.74, 6) is -3.03. The molecule has 0 radical (unpaired) electrons. The van der Waals surface area contributed by atoms with E-state index >= 15 is 0 Å². The molecular weight excluding hydrogens is 663 g/mol. The Kier molecular flexibility index (Phi) is 9.51. The number of nitrogens with zero attached hydrogens (tertiary/aromatic N) is 3. The number of aromatic nitrogens is 1. The summed E-state index contributed by atoms with van der Waals surface area (Å²) in [6.45, 7) is 13.0. The van der Waals surface area contributed by atoms with Crippen LogP contribution in [0.3, 0.4) is 0 Å². The predicted molar refractivity (Wildman–Crippen MR) is 187 cm³/mol. The third kappa shape index (κ3) is 6.72. The number of nitrogens with one attached hydrogen (secondary N) is 1. The molecule has 3 aliphatic rings. The Labute approximate surface area is 291 Å². The number of carbonyl (C=O) groups excluding carboxylic acids is 2. The third-order valence-electron chi connectivity index (χ3n) is 10.6. The van der Waals surface area contributed by atoms with Gasteiger partial charge in [-0.15, -0.1) is 0 Å². The fourth-order valence-corrected chi connectivity index (χ4v) is 7.70. The molecule has 3 atom stereocenters. The van der Waals surface area contributed by atoms with Gasteiger partial charge in [-0.05, 0) is 49.5 Å². The fourth-order valence-electron chi connectivity index (χ4n) is 6.66. The number of amides is 2. The first-order valence-electron chi connectivity index (χ1n) is 16.9. The maximum absolute atomic E-state index is 14.6. The Bertz CT molecular complexity index is 1890. The number of fused-ring (bicyclic) bond motifs is 5. The van der Waals surface area contributed by atoms with Gasteiger partial charge < -0.3 is 28.8 Å². The Morgan fingerprint density at radius 3 is 2.54 bits per heavy atom. The van der Waals surface area contributed by atoms with Crippen molar-refractivity contribution in [1.29, 1.82) is 0 Å². The number of ether oxygens (including phenoxy) is 1. The van der Waals surface area contributed by atoms with Crippen molar-refractivity contribution in [3.63, 3.8) is 0 Å². The zero-order valence-corrected chi connectivity index (χ0v) is 30.3. The molecule has 2 amide bonds. The van der Waals surface area contributed by atoms with Crippen molar-refractivity contribution in [1.82, 2.24) is 14.8 Å². The van der Waals surface area contributed by atoms with Crippen molar-refractivity contribution in [2.45, 2.75) is 95.9 Å². The molecule has 1 spiro atoms. The summed E-state index contributed by atoms with van der Waals surface area (Å²) in [6.07, 6.45) is 3.00. The van der Waals surface area contributed by atoms with Crippen molar-refractivity contribution in [3.8, 4) is 5.75 Å². The van der Waals surface area contributed by atoms with E-state index in [2.05, 4.69) is 44.3 Å². The van der Waals surface area contributed by atoms with Crippen LogP contribution in [0, 0.1) is 11.6 Å². The molecule has 0 aliphatic carbocycles. The number of oxime groups is 1. The average Bonchev–Trinajstić information content (AvgIpc) is 3.38. The van der Waals surface area contributed by atoms with E-state index in [0.29, 0.717) is 25.9 Å². The standard InChI is InChI=1S/C37H44F2N4O6Si/c1-23-17-37(49-41-23)15-14-27(22-48-50(5,6)36(2,3)4)42-20-30(37)43-19-28(34(45)40-18-25-12-13-26(38)16-29(25)39)32(44)33(31(43)35(42)46)47-21-24-10-8-7-9-11-24/h7-13,16,19,27,30H,14-15,17-18,20-22H2,1-6H3,(H,40,45)/t27-,30-,37+/m1/s1. The second kappa shape index (κ2) is 13.4. The molecule has 1 aromatic heterocycles. The average molecular weight is 707 g/mol. The number of pyridine rings is 1. The van der Waals surface area contributed by atoms with Gasteiger partial charge in [-0.2, -0.15) is 0 Å². The van der Waals surface area contributed by atoms with Crippen LogP contribution < -0.4 is 15.5 Å². The van der Waals surface area contributed by atoms with Gasteiger partial charge in [0.1, 0.15) is 23.8 Å². The number of halogens is 2. The fraction of sp³-hybridized carbons (Fsp3) is 0.459. The summed E-state index contributed by atoms with van der Waals surface area (Å²) < 4.78 is 42.4. The molecule has 13 heteroatoms. The third-order valence-corrected chi connectivity index (χ3v) is 15.1. The number of hydrogen-bond donors (Lipinski definition) is 1. The first-order chi connectivity index (χ1) is 23.6. The van der Waals surface area contributed by atoms with Crippen LogP contribution in [0.25, 0.3) is 0 Å². The molecule has 3 aliphatic heterocycles. The highest BCUT2D eigenvalue weighted by molar-refractivity contribution is 6.74. The van der Waals surface area contributed by atoms with E-state index in [1.807, 2.05) is 37.3 Å². The van der Waals surface area contributed by atoms with Gasteiger partial charge in [0, 0.05) is 37.3 Å². The van der Waals surface area contributed by atoms with Crippen LogP contribution >= 0.6 is 0 Å². The highest BCUT2D eigenvalue weighted by Gasteiger charge is 2.55. The van der Waals surface area contributed by atoms with Crippen molar-refractivity contribution in [2.24, 2.45) is 5.16 Å².